The van der Waals surface area contributed by atoms with Gasteiger partial charge in [-0.15, -0.1) is 0 Å². The van der Waals surface area contributed by atoms with E-state index >= 15 is 0 Å². The third-order valence-electron chi connectivity index (χ3n) is 3.04. The number of ether oxygens (including phenoxy) is 1. The van der Waals surface area contributed by atoms with Gasteiger partial charge in [-0.3, -0.25) is 20.4 Å². The molecule has 0 fully saturated rings. The second-order valence-electron chi connectivity index (χ2n) is 4.68. The number of hydrogen-bond acceptors (Lipinski definition) is 4. The number of anilines is 1. The Balaban J connectivity index is 1.85. The molecular formula is C16H15BrFN3O3. The van der Waals surface area contributed by atoms with Crippen LogP contribution >= 0.6 is 15.9 Å². The quantitative estimate of drug-likeness (QED) is 0.679. The van der Waals surface area contributed by atoms with Gasteiger partial charge in [-0.1, -0.05) is 28.1 Å². The largest absolute Gasteiger partial charge is 0.495 e. The predicted octanol–water partition coefficient (Wildman–Crippen LogP) is 2.47. The molecule has 0 aliphatic heterocycles. The highest BCUT2D eigenvalue weighted by Crippen LogP contribution is 2.22. The van der Waals surface area contributed by atoms with Crippen molar-refractivity contribution < 1.29 is 18.7 Å². The van der Waals surface area contributed by atoms with Gasteiger partial charge < -0.3 is 10.1 Å². The average molecular weight is 396 g/mol. The minimum atomic E-state index is -0.745. The van der Waals surface area contributed by atoms with E-state index < -0.39 is 17.6 Å². The van der Waals surface area contributed by atoms with E-state index in [1.165, 1.54) is 25.3 Å². The lowest BCUT2D eigenvalue weighted by atomic mass is 10.2. The third-order valence-corrected chi connectivity index (χ3v) is 3.53. The van der Waals surface area contributed by atoms with Crippen LogP contribution in [0.3, 0.4) is 0 Å². The first kappa shape index (κ1) is 17.7. The Morgan fingerprint density at radius 3 is 2.62 bits per heavy atom. The Morgan fingerprint density at radius 2 is 1.92 bits per heavy atom. The summed E-state index contributed by atoms with van der Waals surface area (Å²) in [6.07, 6.45) is 0. The van der Waals surface area contributed by atoms with E-state index in [4.69, 9.17) is 4.74 Å². The molecule has 6 nitrogen and oxygen atoms in total. The first-order chi connectivity index (χ1) is 11.5. The van der Waals surface area contributed by atoms with Crippen LogP contribution in [0.5, 0.6) is 5.75 Å². The molecule has 2 rings (SSSR count). The highest BCUT2D eigenvalue weighted by atomic mass is 79.9. The second kappa shape index (κ2) is 8.30. The molecule has 24 heavy (non-hydrogen) atoms. The van der Waals surface area contributed by atoms with Gasteiger partial charge in [0.05, 0.1) is 24.9 Å². The van der Waals surface area contributed by atoms with E-state index in [9.17, 15) is 14.0 Å². The molecule has 8 heteroatoms. The first-order valence-electron chi connectivity index (χ1n) is 6.92. The molecule has 3 N–H and O–H groups in total. The number of methoxy groups -OCH3 is 1. The van der Waals surface area contributed by atoms with Gasteiger partial charge in [-0.05, 0) is 30.3 Å². The van der Waals surface area contributed by atoms with Crippen molar-refractivity contribution in [1.82, 2.24) is 10.9 Å². The summed E-state index contributed by atoms with van der Waals surface area (Å²) in [6, 6.07) is 11.1. The fraction of sp³-hybridized carbons (Fsp3) is 0.125. The fourth-order valence-corrected chi connectivity index (χ4v) is 2.21. The molecule has 0 saturated carbocycles. The van der Waals surface area contributed by atoms with Crippen LogP contribution in [-0.2, 0) is 4.79 Å². The normalized spacial score (nSPS) is 9.96. The molecule has 0 heterocycles. The van der Waals surface area contributed by atoms with Gasteiger partial charge in [0.25, 0.3) is 11.8 Å². The molecule has 0 saturated heterocycles. The monoisotopic (exact) mass is 395 g/mol. The van der Waals surface area contributed by atoms with Crippen molar-refractivity contribution in [3.8, 4) is 5.75 Å². The molecule has 0 aliphatic carbocycles. The molecule has 0 unspecified atom stereocenters. The molecule has 0 bridgehead atoms. The average Bonchev–Trinajstić information content (AvgIpc) is 2.58. The van der Waals surface area contributed by atoms with Crippen LogP contribution in [-0.4, -0.2) is 25.5 Å². The van der Waals surface area contributed by atoms with Crippen molar-refractivity contribution in [2.75, 3.05) is 19.0 Å². The molecule has 0 radical (unpaired) electrons. The van der Waals surface area contributed by atoms with E-state index in [1.54, 1.807) is 24.3 Å². The number of nitrogens with one attached hydrogen (secondary N) is 3. The van der Waals surface area contributed by atoms with Gasteiger partial charge in [0.2, 0.25) is 0 Å². The number of para-hydroxylation sites is 2. The van der Waals surface area contributed by atoms with Crippen LogP contribution in [0.25, 0.3) is 0 Å². The summed E-state index contributed by atoms with van der Waals surface area (Å²) < 4.78 is 19.3. The molecule has 2 aromatic carbocycles. The smallest absolute Gasteiger partial charge is 0.272 e. The number of amides is 2. The summed E-state index contributed by atoms with van der Waals surface area (Å²) in [5.74, 6) is -1.34. The summed E-state index contributed by atoms with van der Waals surface area (Å²) in [7, 11) is 1.52. The lowest BCUT2D eigenvalue weighted by molar-refractivity contribution is -0.120. The molecule has 126 valence electrons. The van der Waals surface area contributed by atoms with Crippen molar-refractivity contribution in [1.29, 1.82) is 0 Å². The van der Waals surface area contributed by atoms with E-state index in [1.807, 2.05) is 0 Å². The summed E-state index contributed by atoms with van der Waals surface area (Å²) in [6.45, 7) is -0.0938. The van der Waals surface area contributed by atoms with Crippen molar-refractivity contribution in [3.63, 3.8) is 0 Å². The topological polar surface area (TPSA) is 79.5 Å². The van der Waals surface area contributed by atoms with Crippen LogP contribution in [0.1, 0.15) is 10.4 Å². The SMILES string of the molecule is COc1ccccc1NCC(=O)NNC(=O)c1ccc(Br)cc1F. The number of rotatable bonds is 5. The van der Waals surface area contributed by atoms with Crippen LogP contribution in [0.15, 0.2) is 46.9 Å². The van der Waals surface area contributed by atoms with Gasteiger partial charge in [0, 0.05) is 4.47 Å². The molecule has 0 aliphatic rings. The number of hydrogen-bond donors (Lipinski definition) is 3. The first-order valence-corrected chi connectivity index (χ1v) is 7.71. The van der Waals surface area contributed by atoms with Crippen LogP contribution in [0, 0.1) is 5.82 Å². The minimum absolute atomic E-state index is 0.0938. The maximum atomic E-state index is 13.6. The van der Waals surface area contributed by atoms with E-state index in [0.717, 1.165) is 0 Å². The highest BCUT2D eigenvalue weighted by molar-refractivity contribution is 9.10. The summed E-state index contributed by atoms with van der Waals surface area (Å²) in [5.41, 5.74) is 4.84. The van der Waals surface area contributed by atoms with Crippen LogP contribution in [0.4, 0.5) is 10.1 Å². The fourth-order valence-electron chi connectivity index (χ4n) is 1.88. The molecule has 0 aromatic heterocycles. The maximum absolute atomic E-state index is 13.6. The Morgan fingerprint density at radius 1 is 1.17 bits per heavy atom. The minimum Gasteiger partial charge on any atom is -0.495 e. The van der Waals surface area contributed by atoms with Gasteiger partial charge in [0.1, 0.15) is 11.6 Å². The molecule has 2 amide bonds. The van der Waals surface area contributed by atoms with Crippen molar-refractivity contribution in [2.24, 2.45) is 0 Å². The maximum Gasteiger partial charge on any atom is 0.272 e. The second-order valence-corrected chi connectivity index (χ2v) is 5.60. The standard InChI is InChI=1S/C16H15BrFN3O3/c1-24-14-5-3-2-4-13(14)19-9-15(22)20-21-16(23)11-7-6-10(17)8-12(11)18/h2-8,19H,9H2,1H3,(H,20,22)(H,21,23). The van der Waals surface area contributed by atoms with Gasteiger partial charge >= 0.3 is 0 Å². The van der Waals surface area contributed by atoms with Crippen LogP contribution in [0.2, 0.25) is 0 Å². The molecule has 0 atom stereocenters. The number of hydrazine groups is 1. The van der Waals surface area contributed by atoms with Crippen molar-refractivity contribution in [2.45, 2.75) is 0 Å². The van der Waals surface area contributed by atoms with Gasteiger partial charge in [0.15, 0.2) is 0 Å². The van der Waals surface area contributed by atoms with E-state index in [-0.39, 0.29) is 12.1 Å². The summed E-state index contributed by atoms with van der Waals surface area (Å²) in [5, 5.41) is 2.88. The number of benzene rings is 2. The summed E-state index contributed by atoms with van der Waals surface area (Å²) in [4.78, 5) is 23.6. The Labute approximate surface area is 146 Å². The predicted molar refractivity (Wildman–Crippen MR) is 91.2 cm³/mol. The zero-order valence-corrected chi connectivity index (χ0v) is 14.3. The van der Waals surface area contributed by atoms with E-state index in [0.29, 0.717) is 15.9 Å². The van der Waals surface area contributed by atoms with Crippen molar-refractivity contribution in [3.05, 3.63) is 58.3 Å². The van der Waals surface area contributed by atoms with Crippen LogP contribution < -0.4 is 20.9 Å². The Kier molecular flexibility index (Phi) is 6.14. The summed E-state index contributed by atoms with van der Waals surface area (Å²) >= 11 is 3.10. The molecule has 0 spiro atoms. The number of carbonyl (C=O) groups excluding carboxylic acids is 2. The zero-order chi connectivity index (χ0) is 17.5. The number of halogens is 2. The van der Waals surface area contributed by atoms with Gasteiger partial charge in [-0.2, -0.15) is 0 Å². The Bertz CT molecular complexity index is 755. The van der Waals surface area contributed by atoms with E-state index in [2.05, 4.69) is 32.1 Å². The molecular weight excluding hydrogens is 381 g/mol. The highest BCUT2D eigenvalue weighted by Gasteiger charge is 2.13. The van der Waals surface area contributed by atoms with Gasteiger partial charge in [-0.25, -0.2) is 4.39 Å². The Hall–Kier alpha value is -2.61. The lowest BCUT2D eigenvalue weighted by Crippen LogP contribution is -2.44. The lowest BCUT2D eigenvalue weighted by Gasteiger charge is -2.11. The number of carbonyl (C=O) groups is 2. The van der Waals surface area contributed by atoms with Crippen molar-refractivity contribution >= 4 is 33.4 Å². The third kappa shape index (κ3) is 4.69. The molecule has 2 aromatic rings. The zero-order valence-electron chi connectivity index (χ0n) is 12.7.